The first kappa shape index (κ1) is 20.4. The van der Waals surface area contributed by atoms with Crippen LogP contribution < -0.4 is 9.62 Å². The zero-order valence-electron chi connectivity index (χ0n) is 16.0. The Morgan fingerprint density at radius 2 is 1.86 bits per heavy atom. The summed E-state index contributed by atoms with van der Waals surface area (Å²) in [6.07, 6.45) is 2.75. The van der Waals surface area contributed by atoms with Gasteiger partial charge in [0.1, 0.15) is 6.54 Å². The van der Waals surface area contributed by atoms with E-state index in [0.29, 0.717) is 18.8 Å². The Hall–Kier alpha value is -2.38. The molecule has 0 aromatic heterocycles. The number of hydrogen-bond acceptors (Lipinski definition) is 4. The zero-order valence-corrected chi connectivity index (χ0v) is 16.8. The van der Waals surface area contributed by atoms with E-state index in [-0.39, 0.29) is 23.5 Å². The minimum Gasteiger partial charge on any atom is -0.376 e. The summed E-state index contributed by atoms with van der Waals surface area (Å²) in [5.41, 5.74) is 1.57. The van der Waals surface area contributed by atoms with E-state index in [0.717, 1.165) is 29.1 Å². The third-order valence-corrected chi connectivity index (χ3v) is 6.59. The van der Waals surface area contributed by atoms with E-state index in [1.165, 1.54) is 12.1 Å². The van der Waals surface area contributed by atoms with Crippen LogP contribution in [-0.4, -0.2) is 40.1 Å². The maximum Gasteiger partial charge on any atom is 0.264 e. The molecule has 1 atom stereocenters. The van der Waals surface area contributed by atoms with Gasteiger partial charge in [-0.05, 0) is 49.1 Å². The van der Waals surface area contributed by atoms with Crippen LogP contribution in [0.3, 0.4) is 0 Å². The lowest BCUT2D eigenvalue weighted by Gasteiger charge is -2.24. The fourth-order valence-electron chi connectivity index (χ4n) is 3.15. The number of carbonyl (C=O) groups excluding carboxylic acids is 1. The van der Waals surface area contributed by atoms with Crippen LogP contribution in [0.2, 0.25) is 0 Å². The molecule has 1 aliphatic rings. The Labute approximate surface area is 166 Å². The number of nitrogens with one attached hydrogen (secondary N) is 1. The molecule has 0 bridgehead atoms. The summed E-state index contributed by atoms with van der Waals surface area (Å²) >= 11 is 0. The van der Waals surface area contributed by atoms with Crippen LogP contribution in [0.1, 0.15) is 25.3 Å². The molecular formula is C21H26N2O4S. The number of carbonyl (C=O) groups is 1. The van der Waals surface area contributed by atoms with Crippen molar-refractivity contribution in [3.63, 3.8) is 0 Å². The van der Waals surface area contributed by atoms with Gasteiger partial charge in [0.25, 0.3) is 10.0 Å². The molecule has 0 unspecified atom stereocenters. The number of aryl methyl sites for hydroxylation is 1. The van der Waals surface area contributed by atoms with Crippen molar-refractivity contribution in [2.75, 3.05) is 24.0 Å². The zero-order chi connectivity index (χ0) is 20.0. The third kappa shape index (κ3) is 4.91. The maximum absolute atomic E-state index is 13.2. The second-order valence-electron chi connectivity index (χ2n) is 6.78. The van der Waals surface area contributed by atoms with Gasteiger partial charge < -0.3 is 10.1 Å². The van der Waals surface area contributed by atoms with Crippen LogP contribution >= 0.6 is 0 Å². The van der Waals surface area contributed by atoms with Gasteiger partial charge in [0.05, 0.1) is 16.7 Å². The second kappa shape index (κ2) is 9.21. The lowest BCUT2D eigenvalue weighted by atomic mass is 10.1. The number of sulfonamides is 1. The van der Waals surface area contributed by atoms with Crippen molar-refractivity contribution in [2.24, 2.45) is 0 Å². The highest BCUT2D eigenvalue weighted by Crippen LogP contribution is 2.24. The molecule has 0 saturated carbocycles. The van der Waals surface area contributed by atoms with E-state index in [9.17, 15) is 13.2 Å². The monoisotopic (exact) mass is 402 g/mol. The van der Waals surface area contributed by atoms with Gasteiger partial charge in [-0.25, -0.2) is 8.42 Å². The molecule has 3 rings (SSSR count). The van der Waals surface area contributed by atoms with Crippen LogP contribution in [0.15, 0.2) is 59.5 Å². The van der Waals surface area contributed by atoms with Crippen LogP contribution in [0.25, 0.3) is 0 Å². The van der Waals surface area contributed by atoms with E-state index in [1.807, 2.05) is 19.1 Å². The molecule has 1 N–H and O–H groups in total. The Balaban J connectivity index is 1.82. The Kier molecular flexibility index (Phi) is 6.70. The molecular weight excluding hydrogens is 376 g/mol. The first-order chi connectivity index (χ1) is 13.5. The van der Waals surface area contributed by atoms with Crippen LogP contribution in [0, 0.1) is 0 Å². The van der Waals surface area contributed by atoms with Crippen molar-refractivity contribution in [3.05, 3.63) is 60.2 Å². The number of rotatable bonds is 8. The highest BCUT2D eigenvalue weighted by molar-refractivity contribution is 7.92. The second-order valence-corrected chi connectivity index (χ2v) is 8.65. The largest absolute Gasteiger partial charge is 0.376 e. The molecule has 28 heavy (non-hydrogen) atoms. The molecule has 1 amide bonds. The van der Waals surface area contributed by atoms with Gasteiger partial charge in [-0.2, -0.15) is 0 Å². The molecule has 6 nitrogen and oxygen atoms in total. The molecule has 2 aromatic rings. The third-order valence-electron chi connectivity index (χ3n) is 4.80. The number of anilines is 1. The van der Waals surface area contributed by atoms with E-state index in [4.69, 9.17) is 4.74 Å². The standard InChI is InChI=1S/C21H26N2O4S/c1-2-17-10-12-18(13-11-17)23(28(25,26)20-8-4-3-5-9-20)16-21(24)22-15-19-7-6-14-27-19/h3-5,8-13,19H,2,6-7,14-16H2,1H3,(H,22,24)/t19-/m0/s1. The van der Waals surface area contributed by atoms with Crippen LogP contribution in [-0.2, 0) is 26.0 Å². The lowest BCUT2D eigenvalue weighted by molar-refractivity contribution is -0.120. The predicted molar refractivity (Wildman–Crippen MR) is 109 cm³/mol. The van der Waals surface area contributed by atoms with Gasteiger partial charge >= 0.3 is 0 Å². The summed E-state index contributed by atoms with van der Waals surface area (Å²) in [6, 6.07) is 15.4. The highest BCUT2D eigenvalue weighted by Gasteiger charge is 2.27. The Bertz CT molecular complexity index is 876. The quantitative estimate of drug-likeness (QED) is 0.737. The number of nitrogens with zero attached hydrogens (tertiary/aromatic N) is 1. The van der Waals surface area contributed by atoms with Crippen molar-refractivity contribution in [1.82, 2.24) is 5.32 Å². The molecule has 0 aliphatic carbocycles. The minimum absolute atomic E-state index is 0.00645. The van der Waals surface area contributed by atoms with Gasteiger partial charge in [0.15, 0.2) is 0 Å². The Morgan fingerprint density at radius 3 is 2.46 bits per heavy atom. The van der Waals surface area contributed by atoms with Gasteiger partial charge in [0.2, 0.25) is 5.91 Å². The first-order valence-electron chi connectivity index (χ1n) is 9.55. The highest BCUT2D eigenvalue weighted by atomic mass is 32.2. The van der Waals surface area contributed by atoms with Crippen molar-refractivity contribution < 1.29 is 17.9 Å². The van der Waals surface area contributed by atoms with Crippen LogP contribution in [0.5, 0.6) is 0 Å². The molecule has 1 heterocycles. The SMILES string of the molecule is CCc1ccc(N(CC(=O)NC[C@@H]2CCCO2)S(=O)(=O)c2ccccc2)cc1. The lowest BCUT2D eigenvalue weighted by Crippen LogP contribution is -2.42. The molecule has 1 saturated heterocycles. The summed E-state index contributed by atoms with van der Waals surface area (Å²) in [4.78, 5) is 12.7. The maximum atomic E-state index is 13.2. The van der Waals surface area contributed by atoms with Crippen molar-refractivity contribution >= 4 is 21.6 Å². The summed E-state index contributed by atoms with van der Waals surface area (Å²) in [5.74, 6) is -0.352. The number of amides is 1. The summed E-state index contributed by atoms with van der Waals surface area (Å²) in [6.45, 7) is 2.85. The summed E-state index contributed by atoms with van der Waals surface area (Å²) in [7, 11) is -3.86. The van der Waals surface area contributed by atoms with E-state index >= 15 is 0 Å². The van der Waals surface area contributed by atoms with Crippen molar-refractivity contribution in [1.29, 1.82) is 0 Å². The normalized spacial score (nSPS) is 16.7. The van der Waals surface area contributed by atoms with Gasteiger partial charge in [0, 0.05) is 13.2 Å². The van der Waals surface area contributed by atoms with Gasteiger partial charge in [-0.1, -0.05) is 37.3 Å². The fourth-order valence-corrected chi connectivity index (χ4v) is 4.59. The minimum atomic E-state index is -3.86. The van der Waals surface area contributed by atoms with E-state index in [1.54, 1.807) is 30.3 Å². The molecule has 2 aromatic carbocycles. The molecule has 0 radical (unpaired) electrons. The fraction of sp³-hybridized carbons (Fsp3) is 0.381. The summed E-state index contributed by atoms with van der Waals surface area (Å²) in [5, 5.41) is 2.80. The Morgan fingerprint density at radius 1 is 1.14 bits per heavy atom. The van der Waals surface area contributed by atoms with Gasteiger partial charge in [-0.3, -0.25) is 9.10 Å². The first-order valence-corrected chi connectivity index (χ1v) is 11.0. The van der Waals surface area contributed by atoms with Crippen molar-refractivity contribution in [2.45, 2.75) is 37.2 Å². The van der Waals surface area contributed by atoms with Gasteiger partial charge in [-0.15, -0.1) is 0 Å². The van der Waals surface area contributed by atoms with E-state index in [2.05, 4.69) is 5.32 Å². The van der Waals surface area contributed by atoms with Crippen molar-refractivity contribution in [3.8, 4) is 0 Å². The molecule has 150 valence electrons. The average Bonchev–Trinajstić information content (AvgIpc) is 3.25. The smallest absolute Gasteiger partial charge is 0.264 e. The number of hydrogen-bond donors (Lipinski definition) is 1. The molecule has 0 spiro atoms. The van der Waals surface area contributed by atoms with E-state index < -0.39 is 10.0 Å². The number of ether oxygens (including phenoxy) is 1. The molecule has 1 fully saturated rings. The topological polar surface area (TPSA) is 75.7 Å². The molecule has 1 aliphatic heterocycles. The predicted octanol–water partition coefficient (Wildman–Crippen LogP) is 2.74. The summed E-state index contributed by atoms with van der Waals surface area (Å²) < 4.78 is 33.1. The number of benzene rings is 2. The van der Waals surface area contributed by atoms with Crippen LogP contribution in [0.4, 0.5) is 5.69 Å². The molecule has 7 heteroatoms. The average molecular weight is 403 g/mol.